The van der Waals surface area contributed by atoms with Gasteiger partial charge in [0.1, 0.15) is 11.5 Å². The molecule has 228 valence electrons. The molecule has 0 fully saturated rings. The van der Waals surface area contributed by atoms with Crippen molar-refractivity contribution in [1.82, 2.24) is 4.57 Å². The summed E-state index contributed by atoms with van der Waals surface area (Å²) < 4.78 is 9.25. The molecule has 9 aromatic rings. The van der Waals surface area contributed by atoms with Crippen LogP contribution in [-0.2, 0) is 5.41 Å². The molecule has 1 aliphatic heterocycles. The number of rotatable bonds is 2. The predicted octanol–water partition coefficient (Wildman–Crippen LogP) is 12.1. The summed E-state index contributed by atoms with van der Waals surface area (Å²) in [5.41, 5.74) is 12.9. The quantitative estimate of drug-likeness (QED) is 0.187. The van der Waals surface area contributed by atoms with Crippen molar-refractivity contribution in [3.05, 3.63) is 198 Å². The van der Waals surface area contributed by atoms with Gasteiger partial charge in [-0.1, -0.05) is 133 Å². The Balaban J connectivity index is 1.31. The minimum Gasteiger partial charge on any atom is -0.457 e. The lowest BCUT2D eigenvalue weighted by molar-refractivity contribution is 0.436. The molecular weight excluding hydrogens is 595 g/mol. The average molecular weight is 624 g/mol. The topological polar surface area (TPSA) is 14.2 Å². The van der Waals surface area contributed by atoms with Crippen molar-refractivity contribution in [1.29, 1.82) is 0 Å². The van der Waals surface area contributed by atoms with Gasteiger partial charge >= 0.3 is 0 Å². The fourth-order valence-electron chi connectivity index (χ4n) is 8.94. The molecule has 49 heavy (non-hydrogen) atoms. The van der Waals surface area contributed by atoms with Crippen LogP contribution in [0.15, 0.2) is 176 Å². The van der Waals surface area contributed by atoms with E-state index in [1.54, 1.807) is 0 Å². The van der Waals surface area contributed by atoms with Crippen molar-refractivity contribution in [3.63, 3.8) is 0 Å². The van der Waals surface area contributed by atoms with E-state index < -0.39 is 5.41 Å². The van der Waals surface area contributed by atoms with Gasteiger partial charge in [-0.05, 0) is 81.1 Å². The zero-order valence-electron chi connectivity index (χ0n) is 26.6. The van der Waals surface area contributed by atoms with Gasteiger partial charge in [0.15, 0.2) is 0 Å². The fourth-order valence-corrected chi connectivity index (χ4v) is 8.94. The first-order chi connectivity index (χ1) is 24.3. The third-order valence-corrected chi connectivity index (χ3v) is 10.8. The molecule has 0 saturated carbocycles. The van der Waals surface area contributed by atoms with E-state index in [4.69, 9.17) is 4.74 Å². The van der Waals surface area contributed by atoms with E-state index in [9.17, 15) is 0 Å². The Morgan fingerprint density at radius 3 is 1.84 bits per heavy atom. The summed E-state index contributed by atoms with van der Waals surface area (Å²) in [6.45, 7) is 0. The van der Waals surface area contributed by atoms with Crippen LogP contribution in [0.2, 0.25) is 0 Å². The van der Waals surface area contributed by atoms with Gasteiger partial charge in [0.2, 0.25) is 0 Å². The second-order valence-electron chi connectivity index (χ2n) is 13.2. The van der Waals surface area contributed by atoms with Crippen LogP contribution in [0.1, 0.15) is 22.3 Å². The van der Waals surface area contributed by atoms with Crippen LogP contribution < -0.4 is 4.74 Å². The van der Waals surface area contributed by atoms with Crippen molar-refractivity contribution >= 4 is 32.6 Å². The molecule has 0 N–H and O–H groups in total. The first-order valence-electron chi connectivity index (χ1n) is 16.9. The standard InChI is InChI=1S/C47H29NO/c1-2-15-32(16-3-1)48-42-24-12-8-20-36(42)37-28-30-14-4-5-17-33(30)45(46(37)48)31-26-27-44-41(29-31)47(40-23-11-13-25-43(40)49-44)38-21-9-6-18-34(38)35-19-7-10-22-39(35)47/h1-29H. The average Bonchev–Trinajstić information content (AvgIpc) is 3.65. The van der Waals surface area contributed by atoms with Gasteiger partial charge in [-0.2, -0.15) is 0 Å². The molecule has 0 amide bonds. The van der Waals surface area contributed by atoms with Crippen LogP contribution in [0.25, 0.3) is 60.5 Å². The Kier molecular flexibility index (Phi) is 5.34. The minimum atomic E-state index is -0.525. The number of para-hydroxylation sites is 3. The highest BCUT2D eigenvalue weighted by Gasteiger charge is 2.51. The van der Waals surface area contributed by atoms with E-state index in [2.05, 4.69) is 180 Å². The highest BCUT2D eigenvalue weighted by atomic mass is 16.5. The van der Waals surface area contributed by atoms with Crippen LogP contribution in [0.3, 0.4) is 0 Å². The summed E-state index contributed by atoms with van der Waals surface area (Å²) in [5.74, 6) is 1.81. The van der Waals surface area contributed by atoms with Crippen LogP contribution in [0.4, 0.5) is 0 Å². The first-order valence-corrected chi connectivity index (χ1v) is 16.9. The van der Waals surface area contributed by atoms with E-state index >= 15 is 0 Å². The summed E-state index contributed by atoms with van der Waals surface area (Å²) >= 11 is 0. The maximum atomic E-state index is 6.80. The third kappa shape index (κ3) is 3.45. The number of hydrogen-bond acceptors (Lipinski definition) is 1. The number of aromatic nitrogens is 1. The lowest BCUT2D eigenvalue weighted by Gasteiger charge is -2.39. The monoisotopic (exact) mass is 623 g/mol. The maximum absolute atomic E-state index is 6.80. The van der Waals surface area contributed by atoms with Crippen LogP contribution >= 0.6 is 0 Å². The molecule has 2 nitrogen and oxygen atoms in total. The summed E-state index contributed by atoms with van der Waals surface area (Å²) in [4.78, 5) is 0. The van der Waals surface area contributed by atoms with E-state index in [0.29, 0.717) is 0 Å². The fraction of sp³-hybridized carbons (Fsp3) is 0.0213. The molecule has 2 heterocycles. The van der Waals surface area contributed by atoms with Gasteiger partial charge < -0.3 is 9.30 Å². The van der Waals surface area contributed by atoms with Crippen molar-refractivity contribution in [2.45, 2.75) is 5.41 Å². The molecule has 0 radical (unpaired) electrons. The Hall–Kier alpha value is -6.38. The van der Waals surface area contributed by atoms with Gasteiger partial charge in [0.05, 0.1) is 16.4 Å². The smallest absolute Gasteiger partial charge is 0.132 e. The number of benzene rings is 8. The van der Waals surface area contributed by atoms with E-state index in [1.807, 2.05) is 0 Å². The Morgan fingerprint density at radius 2 is 1.04 bits per heavy atom. The molecule has 0 saturated heterocycles. The lowest BCUT2D eigenvalue weighted by Crippen LogP contribution is -2.32. The number of hydrogen-bond donors (Lipinski definition) is 0. The summed E-state index contributed by atoms with van der Waals surface area (Å²) in [6.07, 6.45) is 0. The summed E-state index contributed by atoms with van der Waals surface area (Å²) in [5, 5.41) is 4.96. The predicted molar refractivity (Wildman–Crippen MR) is 201 cm³/mol. The molecular formula is C47H29NO. The normalized spacial score (nSPS) is 13.6. The highest BCUT2D eigenvalue weighted by molar-refractivity contribution is 6.21. The Morgan fingerprint density at radius 1 is 0.429 bits per heavy atom. The van der Waals surface area contributed by atoms with E-state index in [1.165, 1.54) is 77.1 Å². The molecule has 2 aliphatic rings. The lowest BCUT2D eigenvalue weighted by atomic mass is 9.65. The van der Waals surface area contributed by atoms with Crippen molar-refractivity contribution < 1.29 is 4.74 Å². The SMILES string of the molecule is c1ccc(-n2c3ccccc3c3cc4ccccc4c(-c4ccc5c(c4)C4(c6ccccc6O5)c5ccccc5-c5ccccc54)c32)cc1. The highest BCUT2D eigenvalue weighted by Crippen LogP contribution is 2.62. The van der Waals surface area contributed by atoms with Gasteiger partial charge in [-0.15, -0.1) is 0 Å². The molecule has 1 aliphatic carbocycles. The van der Waals surface area contributed by atoms with Crippen molar-refractivity contribution in [2.24, 2.45) is 0 Å². The van der Waals surface area contributed by atoms with Crippen LogP contribution in [0.5, 0.6) is 11.5 Å². The van der Waals surface area contributed by atoms with Gasteiger partial charge in [-0.25, -0.2) is 0 Å². The van der Waals surface area contributed by atoms with E-state index in [0.717, 1.165) is 17.2 Å². The Labute approximate surface area is 284 Å². The molecule has 2 heteroatoms. The van der Waals surface area contributed by atoms with Gasteiger partial charge in [0.25, 0.3) is 0 Å². The van der Waals surface area contributed by atoms with E-state index in [-0.39, 0.29) is 0 Å². The number of fused-ring (bicyclic) bond motifs is 13. The largest absolute Gasteiger partial charge is 0.457 e. The second kappa shape index (κ2) is 9.82. The molecule has 8 aromatic carbocycles. The molecule has 1 aromatic heterocycles. The zero-order valence-corrected chi connectivity index (χ0v) is 26.6. The molecule has 0 atom stereocenters. The molecule has 1 spiro atoms. The van der Waals surface area contributed by atoms with Crippen molar-refractivity contribution in [3.8, 4) is 39.4 Å². The molecule has 11 rings (SSSR count). The third-order valence-electron chi connectivity index (χ3n) is 10.8. The number of nitrogens with zero attached hydrogens (tertiary/aromatic N) is 1. The van der Waals surface area contributed by atoms with Crippen molar-refractivity contribution in [2.75, 3.05) is 0 Å². The van der Waals surface area contributed by atoms with Gasteiger partial charge in [0, 0.05) is 33.2 Å². The summed E-state index contributed by atoms with van der Waals surface area (Å²) in [7, 11) is 0. The molecule has 0 unspecified atom stereocenters. The number of ether oxygens (including phenoxy) is 1. The second-order valence-corrected chi connectivity index (χ2v) is 13.2. The minimum absolute atomic E-state index is 0.525. The maximum Gasteiger partial charge on any atom is 0.132 e. The van der Waals surface area contributed by atoms with Crippen LogP contribution in [-0.4, -0.2) is 4.57 Å². The Bertz CT molecular complexity index is 2760. The first kappa shape index (κ1) is 26.7. The molecule has 0 bridgehead atoms. The van der Waals surface area contributed by atoms with Gasteiger partial charge in [-0.3, -0.25) is 0 Å². The van der Waals surface area contributed by atoms with Crippen LogP contribution in [0, 0.1) is 0 Å². The zero-order chi connectivity index (χ0) is 32.1. The summed E-state index contributed by atoms with van der Waals surface area (Å²) in [6, 6.07) is 64.1.